The average Bonchev–Trinajstić information content (AvgIpc) is 3.38. The maximum absolute atomic E-state index is 12.3. The molecule has 0 fully saturated rings. The molecule has 7 heteroatoms. The minimum Gasteiger partial charge on any atom is -0.493 e. The molecule has 0 unspecified atom stereocenters. The first-order chi connectivity index (χ1) is 14.7. The van der Waals surface area contributed by atoms with E-state index in [1.54, 1.807) is 11.3 Å². The SMILES string of the molecule is CCOc1ccccc1-c1nc(CC(=O)NCCCc2nc3ccccc3s2)cs1. The standard InChI is InChI=1S/C23H23N3O2S2/c1-2-28-19-10-5-3-8-17(19)23-25-16(15-29-23)14-21(27)24-13-7-12-22-26-18-9-4-6-11-20(18)30-22/h3-6,8-11,15H,2,7,12-14H2,1H3,(H,24,27). The summed E-state index contributed by atoms with van der Waals surface area (Å²) >= 11 is 3.26. The van der Waals surface area contributed by atoms with Crippen molar-refractivity contribution in [2.75, 3.05) is 13.2 Å². The van der Waals surface area contributed by atoms with Crippen LogP contribution in [0.2, 0.25) is 0 Å². The van der Waals surface area contributed by atoms with Crippen molar-refractivity contribution in [2.45, 2.75) is 26.2 Å². The van der Waals surface area contributed by atoms with E-state index in [0.717, 1.165) is 45.4 Å². The van der Waals surface area contributed by atoms with Crippen LogP contribution in [0.1, 0.15) is 24.0 Å². The van der Waals surface area contributed by atoms with E-state index < -0.39 is 0 Å². The van der Waals surface area contributed by atoms with Gasteiger partial charge in [0.05, 0.1) is 39.5 Å². The number of nitrogens with one attached hydrogen (secondary N) is 1. The molecule has 0 saturated heterocycles. The molecule has 4 rings (SSSR count). The maximum atomic E-state index is 12.3. The zero-order chi connectivity index (χ0) is 20.8. The molecule has 2 heterocycles. The molecule has 1 N–H and O–H groups in total. The number of benzene rings is 2. The number of ether oxygens (including phenoxy) is 1. The van der Waals surface area contributed by atoms with Gasteiger partial charge in [-0.15, -0.1) is 22.7 Å². The molecule has 0 saturated carbocycles. The van der Waals surface area contributed by atoms with Crippen LogP contribution < -0.4 is 10.1 Å². The average molecular weight is 438 g/mol. The second-order valence-electron chi connectivity index (χ2n) is 6.78. The highest BCUT2D eigenvalue weighted by Crippen LogP contribution is 2.32. The maximum Gasteiger partial charge on any atom is 0.226 e. The first kappa shape index (κ1) is 20.5. The summed E-state index contributed by atoms with van der Waals surface area (Å²) in [6.07, 6.45) is 2.03. The lowest BCUT2D eigenvalue weighted by Gasteiger charge is -2.07. The van der Waals surface area contributed by atoms with E-state index in [-0.39, 0.29) is 12.3 Å². The van der Waals surface area contributed by atoms with Gasteiger partial charge in [-0.3, -0.25) is 4.79 Å². The molecule has 0 aliphatic carbocycles. The fourth-order valence-electron chi connectivity index (χ4n) is 3.16. The van der Waals surface area contributed by atoms with Gasteiger partial charge in [0.1, 0.15) is 10.8 Å². The van der Waals surface area contributed by atoms with Crippen LogP contribution >= 0.6 is 22.7 Å². The third-order valence-electron chi connectivity index (χ3n) is 4.54. The Kier molecular flexibility index (Phi) is 6.71. The summed E-state index contributed by atoms with van der Waals surface area (Å²) in [5.74, 6) is 0.814. The Balaban J connectivity index is 1.26. The molecule has 1 amide bonds. The predicted octanol–water partition coefficient (Wildman–Crippen LogP) is 5.11. The van der Waals surface area contributed by atoms with Gasteiger partial charge in [-0.1, -0.05) is 24.3 Å². The Morgan fingerprint density at radius 3 is 2.80 bits per heavy atom. The molecule has 0 aliphatic heterocycles. The molecular weight excluding hydrogens is 414 g/mol. The summed E-state index contributed by atoms with van der Waals surface area (Å²) < 4.78 is 6.90. The van der Waals surface area contributed by atoms with Gasteiger partial charge in [-0.25, -0.2) is 9.97 Å². The van der Waals surface area contributed by atoms with E-state index in [2.05, 4.69) is 21.4 Å². The van der Waals surface area contributed by atoms with Crippen molar-refractivity contribution >= 4 is 38.8 Å². The van der Waals surface area contributed by atoms with Crippen molar-refractivity contribution in [3.63, 3.8) is 0 Å². The van der Waals surface area contributed by atoms with E-state index in [1.807, 2.05) is 54.8 Å². The zero-order valence-electron chi connectivity index (χ0n) is 16.8. The summed E-state index contributed by atoms with van der Waals surface area (Å²) in [5.41, 5.74) is 2.79. The molecule has 0 aliphatic rings. The summed E-state index contributed by atoms with van der Waals surface area (Å²) in [6.45, 7) is 3.21. The largest absolute Gasteiger partial charge is 0.493 e. The van der Waals surface area contributed by atoms with Crippen LogP contribution in [-0.4, -0.2) is 29.0 Å². The van der Waals surface area contributed by atoms with Gasteiger partial charge < -0.3 is 10.1 Å². The Hall–Kier alpha value is -2.77. The van der Waals surface area contributed by atoms with Gasteiger partial charge in [0.25, 0.3) is 0 Å². The number of thiazole rings is 2. The predicted molar refractivity (Wildman–Crippen MR) is 123 cm³/mol. The molecular formula is C23H23N3O2S2. The first-order valence-corrected chi connectivity index (χ1v) is 11.7. The molecule has 2 aromatic heterocycles. The Labute approximate surface area is 183 Å². The Morgan fingerprint density at radius 1 is 1.10 bits per heavy atom. The van der Waals surface area contributed by atoms with Crippen LogP contribution in [0.25, 0.3) is 20.8 Å². The molecule has 2 aromatic carbocycles. The van der Waals surface area contributed by atoms with Crippen LogP contribution in [-0.2, 0) is 17.6 Å². The van der Waals surface area contributed by atoms with Crippen LogP contribution in [0.15, 0.2) is 53.9 Å². The van der Waals surface area contributed by atoms with Crippen molar-refractivity contribution in [1.29, 1.82) is 0 Å². The lowest BCUT2D eigenvalue weighted by molar-refractivity contribution is -0.120. The number of para-hydroxylation sites is 2. The van der Waals surface area contributed by atoms with Crippen molar-refractivity contribution in [1.82, 2.24) is 15.3 Å². The number of hydrogen-bond acceptors (Lipinski definition) is 6. The molecule has 0 spiro atoms. The number of carbonyl (C=O) groups is 1. The topological polar surface area (TPSA) is 64.1 Å². The number of carbonyl (C=O) groups excluding carboxylic acids is 1. The number of aromatic nitrogens is 2. The lowest BCUT2D eigenvalue weighted by Crippen LogP contribution is -2.26. The minimum atomic E-state index is -0.00533. The summed E-state index contributed by atoms with van der Waals surface area (Å²) in [4.78, 5) is 21.6. The molecule has 0 atom stereocenters. The third kappa shape index (κ3) is 5.04. The second kappa shape index (κ2) is 9.82. The first-order valence-electron chi connectivity index (χ1n) is 10.0. The van der Waals surface area contributed by atoms with Crippen LogP contribution in [0, 0.1) is 0 Å². The van der Waals surface area contributed by atoms with E-state index in [9.17, 15) is 4.79 Å². The summed E-state index contributed by atoms with van der Waals surface area (Å²) in [6, 6.07) is 16.0. The summed E-state index contributed by atoms with van der Waals surface area (Å²) in [7, 11) is 0. The van der Waals surface area contributed by atoms with Crippen molar-refractivity contribution in [2.24, 2.45) is 0 Å². The van der Waals surface area contributed by atoms with Crippen molar-refractivity contribution in [3.8, 4) is 16.3 Å². The normalized spacial score (nSPS) is 11.0. The highest BCUT2D eigenvalue weighted by atomic mass is 32.1. The molecule has 4 aromatic rings. The second-order valence-corrected chi connectivity index (χ2v) is 8.75. The number of amides is 1. The number of aryl methyl sites for hydroxylation is 1. The smallest absolute Gasteiger partial charge is 0.226 e. The van der Waals surface area contributed by atoms with E-state index in [0.29, 0.717) is 13.2 Å². The fourth-order valence-corrected chi connectivity index (χ4v) is 5.02. The molecule has 154 valence electrons. The number of rotatable bonds is 9. The number of fused-ring (bicyclic) bond motifs is 1. The van der Waals surface area contributed by atoms with Gasteiger partial charge >= 0.3 is 0 Å². The van der Waals surface area contributed by atoms with Gasteiger partial charge in [0.2, 0.25) is 5.91 Å². The molecule has 30 heavy (non-hydrogen) atoms. The van der Waals surface area contributed by atoms with Gasteiger partial charge in [-0.05, 0) is 37.6 Å². The quantitative estimate of drug-likeness (QED) is 0.370. The van der Waals surface area contributed by atoms with Gasteiger partial charge in [-0.2, -0.15) is 0 Å². The van der Waals surface area contributed by atoms with Gasteiger partial charge in [0, 0.05) is 18.3 Å². The van der Waals surface area contributed by atoms with Crippen molar-refractivity contribution in [3.05, 3.63) is 64.6 Å². The summed E-state index contributed by atoms with van der Waals surface area (Å²) in [5, 5.41) is 6.92. The highest BCUT2D eigenvalue weighted by molar-refractivity contribution is 7.18. The number of hydrogen-bond donors (Lipinski definition) is 1. The lowest BCUT2D eigenvalue weighted by atomic mass is 10.2. The third-order valence-corrected chi connectivity index (χ3v) is 6.56. The van der Waals surface area contributed by atoms with E-state index in [4.69, 9.17) is 4.74 Å². The fraction of sp³-hybridized carbons (Fsp3) is 0.261. The van der Waals surface area contributed by atoms with Crippen LogP contribution in [0.5, 0.6) is 5.75 Å². The van der Waals surface area contributed by atoms with E-state index in [1.165, 1.54) is 16.0 Å². The zero-order valence-corrected chi connectivity index (χ0v) is 18.4. The highest BCUT2D eigenvalue weighted by Gasteiger charge is 2.12. The Bertz CT molecular complexity index is 1100. The Morgan fingerprint density at radius 2 is 1.93 bits per heavy atom. The van der Waals surface area contributed by atoms with Crippen LogP contribution in [0.4, 0.5) is 0 Å². The van der Waals surface area contributed by atoms with Crippen LogP contribution in [0.3, 0.4) is 0 Å². The van der Waals surface area contributed by atoms with E-state index >= 15 is 0 Å². The molecule has 5 nitrogen and oxygen atoms in total. The minimum absolute atomic E-state index is 0.00533. The van der Waals surface area contributed by atoms with Crippen molar-refractivity contribution < 1.29 is 9.53 Å². The number of nitrogens with zero attached hydrogens (tertiary/aromatic N) is 2. The monoisotopic (exact) mass is 437 g/mol. The van der Waals surface area contributed by atoms with Gasteiger partial charge in [0.15, 0.2) is 0 Å². The molecule has 0 bridgehead atoms. The molecule has 0 radical (unpaired) electrons.